The number of hydrogen-bond acceptors (Lipinski definition) is 3. The van der Waals surface area contributed by atoms with E-state index in [4.69, 9.17) is 9.47 Å². The molecule has 3 aromatic carbocycles. The molecule has 0 radical (unpaired) electrons. The summed E-state index contributed by atoms with van der Waals surface area (Å²) in [6.07, 6.45) is 0.148. The number of ether oxygens (including phenoxy) is 2. The van der Waals surface area contributed by atoms with E-state index in [-0.39, 0.29) is 12.1 Å². The number of hydrogen-bond donors (Lipinski definition) is 0. The Morgan fingerprint density at radius 2 is 1.46 bits per heavy atom. The smallest absolute Gasteiger partial charge is 0.131 e. The van der Waals surface area contributed by atoms with Crippen LogP contribution in [0.15, 0.2) is 84.9 Å². The minimum absolute atomic E-state index is 0.148. The number of para-hydroxylation sites is 1. The van der Waals surface area contributed by atoms with Crippen molar-refractivity contribution in [1.29, 1.82) is 0 Å². The fraction of sp³-hybridized carbons (Fsp3) is 0.217. The molecule has 3 heteroatoms. The zero-order valence-electron chi connectivity index (χ0n) is 14.9. The third-order valence-corrected chi connectivity index (χ3v) is 4.88. The molecule has 3 aromatic rings. The van der Waals surface area contributed by atoms with Gasteiger partial charge in [-0.3, -0.25) is 4.90 Å². The Morgan fingerprint density at radius 3 is 2.12 bits per heavy atom. The standard InChI is InChI=1S/C23H23NO2/c1-25-20-14-12-19(13-15-20)23-22(26-21-10-6-3-7-11-21)17-24(23)16-18-8-4-2-5-9-18/h2-15,22-23H,16-17H2,1H3/t22-,23-/m1/s1. The first-order valence-electron chi connectivity index (χ1n) is 8.97. The second-order valence-electron chi connectivity index (χ2n) is 6.60. The van der Waals surface area contributed by atoms with Crippen LogP contribution >= 0.6 is 0 Å². The van der Waals surface area contributed by atoms with Gasteiger partial charge in [-0.2, -0.15) is 0 Å². The zero-order valence-corrected chi connectivity index (χ0v) is 14.9. The van der Waals surface area contributed by atoms with Crippen molar-refractivity contribution in [3.8, 4) is 11.5 Å². The van der Waals surface area contributed by atoms with Gasteiger partial charge >= 0.3 is 0 Å². The van der Waals surface area contributed by atoms with Gasteiger partial charge in [-0.15, -0.1) is 0 Å². The highest BCUT2D eigenvalue weighted by Gasteiger charge is 2.41. The van der Waals surface area contributed by atoms with Crippen molar-refractivity contribution in [1.82, 2.24) is 4.90 Å². The van der Waals surface area contributed by atoms with Crippen LogP contribution in [0.1, 0.15) is 17.2 Å². The van der Waals surface area contributed by atoms with Crippen LogP contribution in [-0.2, 0) is 6.54 Å². The lowest BCUT2D eigenvalue weighted by atomic mass is 9.90. The van der Waals surface area contributed by atoms with Crippen LogP contribution in [0.25, 0.3) is 0 Å². The van der Waals surface area contributed by atoms with Gasteiger partial charge in [0, 0.05) is 13.1 Å². The van der Waals surface area contributed by atoms with Crippen LogP contribution in [0.4, 0.5) is 0 Å². The van der Waals surface area contributed by atoms with Crippen molar-refractivity contribution in [2.24, 2.45) is 0 Å². The van der Waals surface area contributed by atoms with Crippen molar-refractivity contribution in [3.05, 3.63) is 96.1 Å². The molecular weight excluding hydrogens is 322 g/mol. The van der Waals surface area contributed by atoms with Crippen molar-refractivity contribution in [2.45, 2.75) is 18.7 Å². The number of nitrogens with zero attached hydrogens (tertiary/aromatic N) is 1. The number of methoxy groups -OCH3 is 1. The maximum Gasteiger partial charge on any atom is 0.131 e. The Morgan fingerprint density at radius 1 is 0.808 bits per heavy atom. The summed E-state index contributed by atoms with van der Waals surface area (Å²) in [7, 11) is 1.70. The summed E-state index contributed by atoms with van der Waals surface area (Å²) in [5, 5.41) is 0. The van der Waals surface area contributed by atoms with Gasteiger partial charge in [0.1, 0.15) is 17.6 Å². The Balaban J connectivity index is 1.54. The second-order valence-corrected chi connectivity index (χ2v) is 6.60. The molecule has 0 unspecified atom stereocenters. The van der Waals surface area contributed by atoms with Gasteiger partial charge in [0.05, 0.1) is 13.2 Å². The van der Waals surface area contributed by atoms with Crippen LogP contribution in [0.5, 0.6) is 11.5 Å². The predicted molar refractivity (Wildman–Crippen MR) is 103 cm³/mol. The largest absolute Gasteiger partial charge is 0.497 e. The molecule has 0 bridgehead atoms. The highest BCUT2D eigenvalue weighted by Crippen LogP contribution is 2.38. The van der Waals surface area contributed by atoms with Gasteiger partial charge < -0.3 is 9.47 Å². The van der Waals surface area contributed by atoms with Crippen molar-refractivity contribution in [3.63, 3.8) is 0 Å². The minimum Gasteiger partial charge on any atom is -0.497 e. The average molecular weight is 345 g/mol. The third-order valence-electron chi connectivity index (χ3n) is 4.88. The predicted octanol–water partition coefficient (Wildman–Crippen LogP) is 4.70. The average Bonchev–Trinajstić information content (AvgIpc) is 2.69. The summed E-state index contributed by atoms with van der Waals surface area (Å²) in [6.45, 7) is 1.84. The summed E-state index contributed by atoms with van der Waals surface area (Å²) in [5.74, 6) is 1.80. The van der Waals surface area contributed by atoms with Crippen LogP contribution in [0, 0.1) is 0 Å². The summed E-state index contributed by atoms with van der Waals surface area (Å²) < 4.78 is 11.6. The van der Waals surface area contributed by atoms with E-state index in [1.165, 1.54) is 11.1 Å². The van der Waals surface area contributed by atoms with Crippen molar-refractivity contribution in [2.75, 3.05) is 13.7 Å². The fourth-order valence-electron chi connectivity index (χ4n) is 3.52. The number of rotatable bonds is 6. The first-order valence-corrected chi connectivity index (χ1v) is 8.97. The maximum absolute atomic E-state index is 6.27. The molecule has 1 saturated heterocycles. The molecule has 0 aliphatic carbocycles. The topological polar surface area (TPSA) is 21.7 Å². The SMILES string of the molecule is COc1ccc([C@@H]2[C@H](Oc3ccccc3)CN2Cc2ccccc2)cc1. The quantitative estimate of drug-likeness (QED) is 0.646. The first-order chi connectivity index (χ1) is 12.8. The molecule has 1 aliphatic rings. The molecule has 132 valence electrons. The molecule has 1 aliphatic heterocycles. The van der Waals surface area contributed by atoms with E-state index in [0.717, 1.165) is 24.6 Å². The molecule has 1 fully saturated rings. The van der Waals surface area contributed by atoms with E-state index in [1.54, 1.807) is 7.11 Å². The Hall–Kier alpha value is -2.78. The van der Waals surface area contributed by atoms with Crippen LogP contribution < -0.4 is 9.47 Å². The zero-order chi connectivity index (χ0) is 17.8. The van der Waals surface area contributed by atoms with Gasteiger partial charge in [0.25, 0.3) is 0 Å². The van der Waals surface area contributed by atoms with Crippen LogP contribution in [-0.4, -0.2) is 24.7 Å². The van der Waals surface area contributed by atoms with Crippen LogP contribution in [0.3, 0.4) is 0 Å². The molecule has 0 amide bonds. The van der Waals surface area contributed by atoms with E-state index < -0.39 is 0 Å². The monoisotopic (exact) mass is 345 g/mol. The van der Waals surface area contributed by atoms with Crippen molar-refractivity contribution < 1.29 is 9.47 Å². The number of benzene rings is 3. The highest BCUT2D eigenvalue weighted by molar-refractivity contribution is 5.32. The van der Waals surface area contributed by atoms with Gasteiger partial charge in [-0.05, 0) is 35.4 Å². The third kappa shape index (κ3) is 3.58. The van der Waals surface area contributed by atoms with E-state index >= 15 is 0 Å². The van der Waals surface area contributed by atoms with E-state index in [2.05, 4.69) is 47.4 Å². The highest BCUT2D eigenvalue weighted by atomic mass is 16.5. The Kier molecular flexibility index (Phi) is 4.89. The van der Waals surface area contributed by atoms with E-state index in [1.807, 2.05) is 42.5 Å². The summed E-state index contributed by atoms with van der Waals surface area (Å²) >= 11 is 0. The summed E-state index contributed by atoms with van der Waals surface area (Å²) in [5.41, 5.74) is 2.58. The molecule has 3 nitrogen and oxygen atoms in total. The fourth-order valence-corrected chi connectivity index (χ4v) is 3.52. The van der Waals surface area contributed by atoms with Crippen molar-refractivity contribution >= 4 is 0 Å². The molecule has 0 saturated carbocycles. The molecular formula is C23H23NO2. The summed E-state index contributed by atoms with van der Waals surface area (Å²) in [4.78, 5) is 2.46. The van der Waals surface area contributed by atoms with Gasteiger partial charge in [0.15, 0.2) is 0 Å². The normalized spacial score (nSPS) is 19.6. The lowest BCUT2D eigenvalue weighted by Gasteiger charge is -2.48. The van der Waals surface area contributed by atoms with Gasteiger partial charge in [0.2, 0.25) is 0 Å². The molecule has 0 spiro atoms. The Bertz CT molecular complexity index is 770. The molecule has 1 heterocycles. The molecule has 2 atom stereocenters. The molecule has 26 heavy (non-hydrogen) atoms. The van der Waals surface area contributed by atoms with E-state index in [9.17, 15) is 0 Å². The minimum atomic E-state index is 0.148. The number of likely N-dealkylation sites (tertiary alicyclic amines) is 1. The van der Waals surface area contributed by atoms with Gasteiger partial charge in [-0.1, -0.05) is 60.7 Å². The Labute approximate surface area is 154 Å². The molecule has 0 aromatic heterocycles. The van der Waals surface area contributed by atoms with Crippen LogP contribution in [0.2, 0.25) is 0 Å². The lowest BCUT2D eigenvalue weighted by Crippen LogP contribution is -2.55. The summed E-state index contributed by atoms with van der Waals surface area (Å²) in [6, 6.07) is 29.2. The molecule has 0 N–H and O–H groups in total. The lowest BCUT2D eigenvalue weighted by molar-refractivity contribution is -0.0531. The van der Waals surface area contributed by atoms with Gasteiger partial charge in [-0.25, -0.2) is 0 Å². The molecule has 4 rings (SSSR count). The first kappa shape index (κ1) is 16.7. The van der Waals surface area contributed by atoms with E-state index in [0.29, 0.717) is 0 Å². The maximum atomic E-state index is 6.27. The second kappa shape index (κ2) is 7.63.